The number of nitrogens with two attached hydrogens (primary N) is 1. The average molecular weight is 317 g/mol. The van der Waals surface area contributed by atoms with Crippen LogP contribution < -0.4 is 15.3 Å². The van der Waals surface area contributed by atoms with Gasteiger partial charge in [-0.3, -0.25) is 19.0 Å². The zero-order chi connectivity index (χ0) is 14.9. The monoisotopic (exact) mass is 317 g/mol. The summed E-state index contributed by atoms with van der Waals surface area (Å²) in [5.41, 5.74) is 5.43. The normalized spacial score (nSPS) is 11.4. The van der Waals surface area contributed by atoms with E-state index in [2.05, 4.69) is 14.8 Å². The van der Waals surface area contributed by atoms with Gasteiger partial charge in [0.25, 0.3) is 10.0 Å². The van der Waals surface area contributed by atoms with E-state index in [1.807, 2.05) is 0 Å². The van der Waals surface area contributed by atoms with Gasteiger partial charge in [-0.2, -0.15) is 5.10 Å². The standard InChI is InChI=1S/C9H11N5O4S2/c1-5-8(19-9(16)12-5)20(17,18)13-6-2-11-14(3-6)4-7(10)15/h2-3,13H,4H2,1H3,(H2,10,15)(H,12,16). The van der Waals surface area contributed by atoms with Crippen LogP contribution in [0.3, 0.4) is 0 Å². The van der Waals surface area contributed by atoms with Crippen molar-refractivity contribution in [2.75, 3.05) is 4.72 Å². The van der Waals surface area contributed by atoms with Gasteiger partial charge < -0.3 is 10.7 Å². The molecule has 2 heterocycles. The van der Waals surface area contributed by atoms with E-state index in [4.69, 9.17) is 5.73 Å². The molecule has 0 aliphatic carbocycles. The smallest absolute Gasteiger partial charge is 0.306 e. The molecule has 9 nitrogen and oxygen atoms in total. The molecule has 0 fully saturated rings. The number of hydrogen-bond donors (Lipinski definition) is 3. The summed E-state index contributed by atoms with van der Waals surface area (Å²) >= 11 is 0.595. The molecule has 0 aromatic carbocycles. The Labute approximate surface area is 117 Å². The van der Waals surface area contributed by atoms with Crippen molar-refractivity contribution in [1.29, 1.82) is 0 Å². The van der Waals surface area contributed by atoms with Crippen LogP contribution in [-0.2, 0) is 21.4 Å². The summed E-state index contributed by atoms with van der Waals surface area (Å²) in [5, 5.41) is 3.78. The molecule has 0 radical (unpaired) electrons. The molecular weight excluding hydrogens is 306 g/mol. The molecule has 108 valence electrons. The molecule has 0 saturated heterocycles. The Morgan fingerprint density at radius 2 is 2.30 bits per heavy atom. The molecule has 1 amide bonds. The van der Waals surface area contributed by atoms with Crippen LogP contribution in [0.2, 0.25) is 0 Å². The molecule has 2 aromatic heterocycles. The predicted molar refractivity (Wildman–Crippen MR) is 71.9 cm³/mol. The van der Waals surface area contributed by atoms with Gasteiger partial charge in [-0.15, -0.1) is 0 Å². The van der Waals surface area contributed by atoms with E-state index >= 15 is 0 Å². The number of rotatable bonds is 5. The van der Waals surface area contributed by atoms with Gasteiger partial charge in [-0.1, -0.05) is 11.3 Å². The molecule has 0 aliphatic heterocycles. The van der Waals surface area contributed by atoms with Crippen molar-refractivity contribution in [3.05, 3.63) is 27.8 Å². The first-order valence-corrected chi connectivity index (χ1v) is 7.61. The van der Waals surface area contributed by atoms with Crippen molar-refractivity contribution in [2.45, 2.75) is 17.7 Å². The van der Waals surface area contributed by atoms with E-state index in [9.17, 15) is 18.0 Å². The Kier molecular flexibility index (Phi) is 3.63. The number of primary amides is 1. The van der Waals surface area contributed by atoms with Crippen LogP contribution >= 0.6 is 11.3 Å². The molecule has 0 spiro atoms. The highest BCUT2D eigenvalue weighted by molar-refractivity contribution is 7.94. The van der Waals surface area contributed by atoms with Crippen LogP contribution in [0.15, 0.2) is 21.4 Å². The zero-order valence-electron chi connectivity index (χ0n) is 10.3. The third-order valence-corrected chi connectivity index (χ3v) is 5.21. The first kappa shape index (κ1) is 14.3. The van der Waals surface area contributed by atoms with Crippen molar-refractivity contribution in [3.63, 3.8) is 0 Å². The minimum atomic E-state index is -3.87. The summed E-state index contributed by atoms with van der Waals surface area (Å²) in [7, 11) is -3.87. The molecule has 2 rings (SSSR count). The van der Waals surface area contributed by atoms with E-state index < -0.39 is 20.8 Å². The van der Waals surface area contributed by atoms with E-state index in [1.54, 1.807) is 0 Å². The van der Waals surface area contributed by atoms with Crippen molar-refractivity contribution < 1.29 is 13.2 Å². The molecule has 0 saturated carbocycles. The van der Waals surface area contributed by atoms with Gasteiger partial charge in [0.2, 0.25) is 5.91 Å². The third kappa shape index (κ3) is 3.05. The van der Waals surface area contributed by atoms with Gasteiger partial charge in [-0.05, 0) is 6.92 Å². The highest BCUT2D eigenvalue weighted by Gasteiger charge is 2.21. The first-order valence-electron chi connectivity index (χ1n) is 5.31. The minimum Gasteiger partial charge on any atom is -0.368 e. The van der Waals surface area contributed by atoms with Crippen LogP contribution in [-0.4, -0.2) is 29.1 Å². The molecule has 0 bridgehead atoms. The lowest BCUT2D eigenvalue weighted by Crippen LogP contribution is -2.18. The second-order valence-electron chi connectivity index (χ2n) is 3.93. The number of aromatic amines is 1. The summed E-state index contributed by atoms with van der Waals surface area (Å²) in [6.07, 6.45) is 2.57. The van der Waals surface area contributed by atoms with E-state index in [-0.39, 0.29) is 22.1 Å². The lowest BCUT2D eigenvalue weighted by Gasteiger charge is -2.03. The number of sulfonamides is 1. The van der Waals surface area contributed by atoms with Crippen LogP contribution in [0.25, 0.3) is 0 Å². The molecule has 2 aromatic rings. The third-order valence-electron chi connectivity index (χ3n) is 2.23. The summed E-state index contributed by atoms with van der Waals surface area (Å²) in [5.74, 6) is -0.595. The lowest BCUT2D eigenvalue weighted by atomic mass is 10.6. The van der Waals surface area contributed by atoms with Gasteiger partial charge in [0, 0.05) is 11.9 Å². The number of carbonyl (C=O) groups excluding carboxylic acids is 1. The maximum Gasteiger partial charge on any atom is 0.306 e. The fraction of sp³-hybridized carbons (Fsp3) is 0.222. The Balaban J connectivity index is 2.24. The molecule has 0 aliphatic rings. The number of aromatic nitrogens is 3. The maximum absolute atomic E-state index is 12.1. The van der Waals surface area contributed by atoms with Crippen LogP contribution in [0, 0.1) is 6.92 Å². The molecular formula is C9H11N5O4S2. The Hall–Kier alpha value is -2.14. The fourth-order valence-corrected chi connectivity index (χ4v) is 3.84. The topological polar surface area (TPSA) is 140 Å². The van der Waals surface area contributed by atoms with Crippen molar-refractivity contribution >= 4 is 33.0 Å². The number of hydrogen-bond acceptors (Lipinski definition) is 6. The fourth-order valence-electron chi connectivity index (χ4n) is 1.51. The van der Waals surface area contributed by atoms with E-state index in [1.165, 1.54) is 24.0 Å². The number of aryl methyl sites for hydroxylation is 1. The van der Waals surface area contributed by atoms with Crippen LogP contribution in [0.5, 0.6) is 0 Å². The predicted octanol–water partition coefficient (Wildman–Crippen LogP) is -0.773. The highest BCUT2D eigenvalue weighted by Crippen LogP contribution is 2.19. The maximum atomic E-state index is 12.1. The molecule has 11 heteroatoms. The number of amides is 1. The quantitative estimate of drug-likeness (QED) is 0.664. The number of anilines is 1. The highest BCUT2D eigenvalue weighted by atomic mass is 32.2. The van der Waals surface area contributed by atoms with E-state index in [0.29, 0.717) is 11.3 Å². The Morgan fingerprint density at radius 1 is 1.60 bits per heavy atom. The zero-order valence-corrected chi connectivity index (χ0v) is 11.9. The minimum absolute atomic E-state index is 0.0925. The van der Waals surface area contributed by atoms with Crippen molar-refractivity contribution in [2.24, 2.45) is 5.73 Å². The van der Waals surface area contributed by atoms with Crippen LogP contribution in [0.1, 0.15) is 5.69 Å². The van der Waals surface area contributed by atoms with E-state index in [0.717, 1.165) is 0 Å². The Morgan fingerprint density at radius 3 is 2.85 bits per heavy atom. The van der Waals surface area contributed by atoms with Crippen molar-refractivity contribution in [1.82, 2.24) is 14.8 Å². The Bertz CT molecular complexity index is 800. The number of nitrogens with one attached hydrogen (secondary N) is 2. The second kappa shape index (κ2) is 5.09. The summed E-state index contributed by atoms with van der Waals surface area (Å²) in [4.78, 5) is 23.8. The number of H-pyrrole nitrogens is 1. The van der Waals surface area contributed by atoms with Gasteiger partial charge in [-0.25, -0.2) is 8.42 Å². The number of nitrogens with zero attached hydrogens (tertiary/aromatic N) is 2. The SMILES string of the molecule is Cc1[nH]c(=O)sc1S(=O)(=O)Nc1cnn(CC(N)=O)c1. The first-order chi connectivity index (χ1) is 9.28. The average Bonchev–Trinajstić information content (AvgIpc) is 2.84. The molecule has 20 heavy (non-hydrogen) atoms. The molecule has 0 unspecified atom stereocenters. The number of thiazole rings is 1. The summed E-state index contributed by atoms with van der Waals surface area (Å²) in [6, 6.07) is 0. The largest absolute Gasteiger partial charge is 0.368 e. The van der Waals surface area contributed by atoms with Gasteiger partial charge in [0.05, 0.1) is 11.9 Å². The summed E-state index contributed by atoms with van der Waals surface area (Å²) < 4.78 is 27.5. The van der Waals surface area contributed by atoms with Gasteiger partial charge >= 0.3 is 4.87 Å². The molecule has 4 N–H and O–H groups in total. The van der Waals surface area contributed by atoms with Crippen molar-refractivity contribution in [3.8, 4) is 0 Å². The van der Waals surface area contributed by atoms with Gasteiger partial charge in [0.15, 0.2) is 4.21 Å². The van der Waals surface area contributed by atoms with Crippen LogP contribution in [0.4, 0.5) is 5.69 Å². The lowest BCUT2D eigenvalue weighted by molar-refractivity contribution is -0.118. The van der Waals surface area contributed by atoms with Gasteiger partial charge in [0.1, 0.15) is 6.54 Å². The second-order valence-corrected chi connectivity index (χ2v) is 6.79. The summed E-state index contributed by atoms with van der Waals surface area (Å²) in [6.45, 7) is 1.33. The number of carbonyl (C=O) groups is 1. The molecule has 0 atom stereocenters.